The summed E-state index contributed by atoms with van der Waals surface area (Å²) in [6.07, 6.45) is 0.913. The van der Waals surface area contributed by atoms with Crippen LogP contribution in [0, 0.1) is 0 Å². The van der Waals surface area contributed by atoms with Crippen LogP contribution in [0.3, 0.4) is 0 Å². The fourth-order valence-electron chi connectivity index (χ4n) is 2.21. The van der Waals surface area contributed by atoms with Gasteiger partial charge in [0.25, 0.3) is 0 Å². The Morgan fingerprint density at radius 1 is 1.19 bits per heavy atom. The number of anilines is 2. The summed E-state index contributed by atoms with van der Waals surface area (Å²) in [7, 11) is 0. The van der Waals surface area contributed by atoms with Crippen LogP contribution in [0.5, 0.6) is 0 Å². The highest BCUT2D eigenvalue weighted by Gasteiger charge is 2.17. The van der Waals surface area contributed by atoms with Gasteiger partial charge in [-0.05, 0) is 37.5 Å². The van der Waals surface area contributed by atoms with Gasteiger partial charge in [0.15, 0.2) is 0 Å². The Morgan fingerprint density at radius 2 is 1.86 bits per heavy atom. The van der Waals surface area contributed by atoms with Crippen LogP contribution in [0.15, 0.2) is 11.4 Å². The van der Waals surface area contributed by atoms with Gasteiger partial charge in [0.1, 0.15) is 5.00 Å². The van der Waals surface area contributed by atoms with Crippen molar-refractivity contribution >= 4 is 33.8 Å². The number of hydrogen-bond donors (Lipinski definition) is 1. The minimum Gasteiger partial charge on any atom is -0.316 e. The largest absolute Gasteiger partial charge is 0.316 e. The number of amides is 2. The smallest absolute Gasteiger partial charge is 0.223 e. The van der Waals surface area contributed by atoms with Crippen LogP contribution in [-0.2, 0) is 9.59 Å². The molecule has 0 radical (unpaired) electrons. The van der Waals surface area contributed by atoms with E-state index in [4.69, 9.17) is 0 Å². The average molecular weight is 311 g/mol. The molecule has 0 aliphatic rings. The van der Waals surface area contributed by atoms with Gasteiger partial charge in [-0.15, -0.1) is 11.3 Å². The van der Waals surface area contributed by atoms with Crippen LogP contribution < -0.4 is 10.2 Å². The monoisotopic (exact) mass is 311 g/mol. The number of thiophene rings is 1. The molecule has 1 aromatic rings. The minimum absolute atomic E-state index is 0.000418. The van der Waals surface area contributed by atoms with E-state index in [1.807, 2.05) is 11.4 Å². The van der Waals surface area contributed by atoms with E-state index in [1.54, 1.807) is 11.8 Å². The predicted molar refractivity (Wildman–Crippen MR) is 89.1 cm³/mol. The number of carbonyl (C=O) groups excluding carboxylic acids is 2. The first-order chi connectivity index (χ1) is 9.99. The molecule has 1 rings (SSSR count). The minimum atomic E-state index is -0.120. The first kappa shape index (κ1) is 17.7. The van der Waals surface area contributed by atoms with Gasteiger partial charge >= 0.3 is 0 Å². The van der Waals surface area contributed by atoms with Crippen molar-refractivity contribution in [3.8, 4) is 0 Å². The van der Waals surface area contributed by atoms with Gasteiger partial charge in [-0.25, -0.2) is 0 Å². The normalized spacial score (nSPS) is 10.7. The summed E-state index contributed by atoms with van der Waals surface area (Å²) >= 11 is 1.44. The topological polar surface area (TPSA) is 52.6 Å². The lowest BCUT2D eigenvalue weighted by Gasteiger charge is -2.24. The van der Waals surface area contributed by atoms with Crippen LogP contribution in [0.2, 0.25) is 0 Å². The molecule has 118 valence electrons. The summed E-state index contributed by atoms with van der Waals surface area (Å²) in [6, 6.07) is 1.88. The molecule has 0 atom stereocenters. The van der Waals surface area contributed by atoms with E-state index < -0.39 is 0 Å². The van der Waals surface area contributed by atoms with Gasteiger partial charge in [0.05, 0.1) is 5.69 Å². The molecule has 0 aliphatic carbocycles. The van der Waals surface area contributed by atoms with Crippen molar-refractivity contribution < 1.29 is 9.59 Å². The molecule has 1 heterocycles. The van der Waals surface area contributed by atoms with Crippen LogP contribution in [0.25, 0.3) is 0 Å². The van der Waals surface area contributed by atoms with Crippen molar-refractivity contribution in [1.29, 1.82) is 0 Å². The molecule has 0 bridgehead atoms. The summed E-state index contributed by atoms with van der Waals surface area (Å²) in [5.41, 5.74) is 0.794. The fourth-order valence-corrected chi connectivity index (χ4v) is 3.04. The van der Waals surface area contributed by atoms with E-state index in [9.17, 15) is 9.59 Å². The Hall–Kier alpha value is -1.40. The quantitative estimate of drug-likeness (QED) is 0.803. The molecule has 5 nitrogen and oxygen atoms in total. The molecule has 0 saturated carbocycles. The molecule has 1 N–H and O–H groups in total. The average Bonchev–Trinajstić information content (AvgIpc) is 2.85. The molecule has 0 unspecified atom stereocenters. The van der Waals surface area contributed by atoms with Gasteiger partial charge in [0.2, 0.25) is 11.8 Å². The Kier molecular flexibility index (Phi) is 7.39. The van der Waals surface area contributed by atoms with Gasteiger partial charge in [-0.1, -0.05) is 13.8 Å². The number of carbonyl (C=O) groups is 2. The predicted octanol–water partition coefficient (Wildman–Crippen LogP) is 2.79. The maximum Gasteiger partial charge on any atom is 0.223 e. The first-order valence-electron chi connectivity index (χ1n) is 7.35. The molecular weight excluding hydrogens is 286 g/mol. The van der Waals surface area contributed by atoms with Crippen LogP contribution >= 0.6 is 11.3 Å². The van der Waals surface area contributed by atoms with Gasteiger partial charge < -0.3 is 15.1 Å². The second-order valence-corrected chi connectivity index (χ2v) is 5.78. The van der Waals surface area contributed by atoms with Crippen LogP contribution in [0.1, 0.15) is 34.1 Å². The van der Waals surface area contributed by atoms with Crippen molar-refractivity contribution in [3.63, 3.8) is 0 Å². The second-order valence-electron chi connectivity index (χ2n) is 4.87. The van der Waals surface area contributed by atoms with Crippen molar-refractivity contribution in [3.05, 3.63) is 11.4 Å². The molecule has 0 aromatic carbocycles. The molecule has 0 aliphatic heterocycles. The Bertz CT molecular complexity index is 469. The Balaban J connectivity index is 2.72. The molecule has 0 fully saturated rings. The third kappa shape index (κ3) is 5.47. The number of hydrogen-bond acceptors (Lipinski definition) is 4. The molecule has 21 heavy (non-hydrogen) atoms. The van der Waals surface area contributed by atoms with E-state index in [0.717, 1.165) is 36.7 Å². The first-order valence-corrected chi connectivity index (χ1v) is 8.23. The maximum atomic E-state index is 11.9. The van der Waals surface area contributed by atoms with Crippen LogP contribution in [0.4, 0.5) is 10.7 Å². The van der Waals surface area contributed by atoms with Gasteiger partial charge in [-0.3, -0.25) is 9.59 Å². The van der Waals surface area contributed by atoms with E-state index in [2.05, 4.69) is 24.1 Å². The number of nitrogens with one attached hydrogen (secondary N) is 1. The third-order valence-electron chi connectivity index (χ3n) is 3.36. The van der Waals surface area contributed by atoms with E-state index in [0.29, 0.717) is 6.54 Å². The lowest BCUT2D eigenvalue weighted by molar-refractivity contribution is -0.117. The van der Waals surface area contributed by atoms with Crippen molar-refractivity contribution in [2.24, 2.45) is 0 Å². The van der Waals surface area contributed by atoms with Crippen molar-refractivity contribution in [2.45, 2.75) is 34.1 Å². The SMILES string of the molecule is CCN(CC)CCCN(C(C)=O)c1ccsc1NC(C)=O. The molecule has 1 aromatic heterocycles. The zero-order valence-electron chi connectivity index (χ0n) is 13.3. The highest BCUT2D eigenvalue weighted by Crippen LogP contribution is 2.32. The molecule has 0 spiro atoms. The Morgan fingerprint density at radius 3 is 2.38 bits per heavy atom. The fraction of sp³-hybridized carbons (Fsp3) is 0.600. The lowest BCUT2D eigenvalue weighted by Crippen LogP contribution is -2.33. The van der Waals surface area contributed by atoms with E-state index in [1.165, 1.54) is 18.3 Å². The number of nitrogens with zero attached hydrogens (tertiary/aromatic N) is 2. The standard InChI is InChI=1S/C15H25N3O2S/c1-5-17(6-2)9-7-10-18(13(4)20)14-8-11-21-15(14)16-12(3)19/h8,11H,5-7,9-10H2,1-4H3,(H,16,19). The van der Waals surface area contributed by atoms with Crippen molar-refractivity contribution in [2.75, 3.05) is 36.4 Å². The lowest BCUT2D eigenvalue weighted by atomic mass is 10.3. The highest BCUT2D eigenvalue weighted by molar-refractivity contribution is 7.15. The van der Waals surface area contributed by atoms with Gasteiger partial charge in [-0.2, -0.15) is 0 Å². The third-order valence-corrected chi connectivity index (χ3v) is 4.17. The zero-order valence-corrected chi connectivity index (χ0v) is 14.1. The Labute approximate surface area is 130 Å². The highest BCUT2D eigenvalue weighted by atomic mass is 32.1. The van der Waals surface area contributed by atoms with Gasteiger partial charge in [0, 0.05) is 20.4 Å². The van der Waals surface area contributed by atoms with Crippen molar-refractivity contribution in [1.82, 2.24) is 4.90 Å². The summed E-state index contributed by atoms with van der Waals surface area (Å²) in [5, 5.41) is 5.41. The second kappa shape index (κ2) is 8.79. The summed E-state index contributed by atoms with van der Waals surface area (Å²) in [4.78, 5) is 27.2. The molecule has 6 heteroatoms. The summed E-state index contributed by atoms with van der Waals surface area (Å²) < 4.78 is 0. The summed E-state index contributed by atoms with van der Waals surface area (Å²) in [5.74, 6) is -0.120. The zero-order chi connectivity index (χ0) is 15.8. The molecule has 2 amide bonds. The van der Waals surface area contributed by atoms with E-state index >= 15 is 0 Å². The maximum absolute atomic E-state index is 11.9. The molecular formula is C15H25N3O2S. The van der Waals surface area contributed by atoms with E-state index in [-0.39, 0.29) is 11.8 Å². The molecule has 0 saturated heterocycles. The summed E-state index contributed by atoms with van der Waals surface area (Å²) in [6.45, 7) is 11.0. The number of rotatable bonds is 8. The van der Waals surface area contributed by atoms with Crippen LogP contribution in [-0.4, -0.2) is 42.9 Å².